The Morgan fingerprint density at radius 2 is 2.22 bits per heavy atom. The summed E-state index contributed by atoms with van der Waals surface area (Å²) in [5.74, 6) is 7.31. The van der Waals surface area contributed by atoms with Crippen molar-refractivity contribution in [3.63, 3.8) is 0 Å². The Bertz CT molecular complexity index is 371. The molecule has 1 heterocycles. The summed E-state index contributed by atoms with van der Waals surface area (Å²) in [4.78, 5) is 0. The first kappa shape index (κ1) is 13.4. The van der Waals surface area contributed by atoms with Gasteiger partial charge in [-0.15, -0.1) is 0 Å². The minimum Gasteiger partial charge on any atom is -0.493 e. The highest BCUT2D eigenvalue weighted by atomic mass is 16.5. The summed E-state index contributed by atoms with van der Waals surface area (Å²) in [6, 6.07) is 0.121. The van der Waals surface area contributed by atoms with E-state index in [1.54, 1.807) is 13.3 Å². The van der Waals surface area contributed by atoms with E-state index in [-0.39, 0.29) is 6.04 Å². The Labute approximate surface area is 109 Å². The number of aryl methyl sites for hydroxylation is 1. The van der Waals surface area contributed by atoms with Crippen molar-refractivity contribution < 1.29 is 4.74 Å². The predicted molar refractivity (Wildman–Crippen MR) is 71.0 cm³/mol. The molecule has 0 aromatic carbocycles. The van der Waals surface area contributed by atoms with Crippen LogP contribution in [0.1, 0.15) is 50.3 Å². The fraction of sp³-hybridized carbons (Fsp3) is 0.769. The van der Waals surface area contributed by atoms with Crippen LogP contribution in [0.4, 0.5) is 0 Å². The lowest BCUT2D eigenvalue weighted by molar-refractivity contribution is 0.290. The Morgan fingerprint density at radius 1 is 1.50 bits per heavy atom. The maximum Gasteiger partial charge on any atom is 0.161 e. The van der Waals surface area contributed by atoms with E-state index >= 15 is 0 Å². The zero-order chi connectivity index (χ0) is 13.0. The van der Waals surface area contributed by atoms with Gasteiger partial charge in [-0.25, -0.2) is 0 Å². The molecular weight excluding hydrogens is 228 g/mol. The van der Waals surface area contributed by atoms with Crippen molar-refractivity contribution in [2.24, 2.45) is 18.8 Å². The lowest BCUT2D eigenvalue weighted by Crippen LogP contribution is -2.31. The second kappa shape index (κ2) is 6.20. The average molecular weight is 252 g/mol. The van der Waals surface area contributed by atoms with Gasteiger partial charge in [0.25, 0.3) is 0 Å². The molecule has 102 valence electrons. The summed E-state index contributed by atoms with van der Waals surface area (Å²) in [7, 11) is 3.61. The molecular formula is C13H24N4O. The number of nitrogens with one attached hydrogen (secondary N) is 1. The zero-order valence-electron chi connectivity index (χ0n) is 11.4. The minimum absolute atomic E-state index is 0.121. The largest absolute Gasteiger partial charge is 0.493 e. The minimum atomic E-state index is 0.121. The first-order valence-corrected chi connectivity index (χ1v) is 6.78. The van der Waals surface area contributed by atoms with Crippen molar-refractivity contribution in [2.75, 3.05) is 7.11 Å². The molecule has 1 saturated carbocycles. The summed E-state index contributed by atoms with van der Waals surface area (Å²) < 4.78 is 7.21. The van der Waals surface area contributed by atoms with E-state index in [1.165, 1.54) is 32.1 Å². The quantitative estimate of drug-likeness (QED) is 0.620. The average Bonchev–Trinajstić information content (AvgIpc) is 2.78. The third-order valence-corrected chi connectivity index (χ3v) is 3.99. The molecule has 0 amide bonds. The molecule has 0 spiro atoms. The number of methoxy groups -OCH3 is 1. The van der Waals surface area contributed by atoms with E-state index in [9.17, 15) is 0 Å². The number of hydrogen-bond acceptors (Lipinski definition) is 4. The van der Waals surface area contributed by atoms with E-state index in [0.29, 0.717) is 0 Å². The molecule has 0 saturated heterocycles. The number of hydrazine groups is 1. The van der Waals surface area contributed by atoms with Gasteiger partial charge in [0.05, 0.1) is 25.0 Å². The van der Waals surface area contributed by atoms with E-state index < -0.39 is 0 Å². The standard InChI is InChI=1S/C13H24N4O/c1-17-13(12(18-2)9-15-17)11(16-14)8-10-6-4-3-5-7-10/h9-11,16H,3-8,14H2,1-2H3. The molecule has 1 aromatic heterocycles. The van der Waals surface area contributed by atoms with E-state index in [2.05, 4.69) is 10.5 Å². The van der Waals surface area contributed by atoms with Gasteiger partial charge >= 0.3 is 0 Å². The third kappa shape index (κ3) is 2.84. The van der Waals surface area contributed by atoms with Crippen LogP contribution in [-0.2, 0) is 7.05 Å². The van der Waals surface area contributed by atoms with Gasteiger partial charge in [0.1, 0.15) is 0 Å². The molecule has 1 aliphatic carbocycles. The van der Waals surface area contributed by atoms with Crippen molar-refractivity contribution in [1.82, 2.24) is 15.2 Å². The summed E-state index contributed by atoms with van der Waals surface area (Å²) in [5, 5.41) is 4.25. The number of aromatic nitrogens is 2. The zero-order valence-corrected chi connectivity index (χ0v) is 11.4. The van der Waals surface area contributed by atoms with Crippen molar-refractivity contribution >= 4 is 0 Å². The predicted octanol–water partition coefficient (Wildman–Crippen LogP) is 1.90. The topological polar surface area (TPSA) is 65.1 Å². The van der Waals surface area contributed by atoms with Crippen LogP contribution >= 0.6 is 0 Å². The second-order valence-electron chi connectivity index (χ2n) is 5.18. The Hall–Kier alpha value is -1.07. The first-order chi connectivity index (χ1) is 8.76. The van der Waals surface area contributed by atoms with E-state index in [0.717, 1.165) is 23.8 Å². The summed E-state index contributed by atoms with van der Waals surface area (Å²) in [6.45, 7) is 0. The van der Waals surface area contributed by atoms with Crippen molar-refractivity contribution in [1.29, 1.82) is 0 Å². The normalized spacial score (nSPS) is 18.8. The van der Waals surface area contributed by atoms with Gasteiger partial charge in [-0.2, -0.15) is 5.10 Å². The molecule has 1 aliphatic rings. The Morgan fingerprint density at radius 3 is 2.83 bits per heavy atom. The van der Waals surface area contributed by atoms with E-state index in [4.69, 9.17) is 10.6 Å². The van der Waals surface area contributed by atoms with Crippen LogP contribution in [-0.4, -0.2) is 16.9 Å². The van der Waals surface area contributed by atoms with Crippen LogP contribution in [0, 0.1) is 5.92 Å². The number of nitrogens with two attached hydrogens (primary N) is 1. The molecule has 0 bridgehead atoms. The molecule has 0 radical (unpaired) electrons. The van der Waals surface area contributed by atoms with Crippen molar-refractivity contribution in [3.05, 3.63) is 11.9 Å². The van der Waals surface area contributed by atoms with Gasteiger partial charge in [0.15, 0.2) is 5.75 Å². The summed E-state index contributed by atoms with van der Waals surface area (Å²) in [6.07, 6.45) is 9.53. The molecule has 2 rings (SSSR count). The lowest BCUT2D eigenvalue weighted by atomic mass is 9.84. The van der Waals surface area contributed by atoms with Crippen LogP contribution in [0.15, 0.2) is 6.20 Å². The molecule has 1 aromatic rings. The van der Waals surface area contributed by atoms with Gasteiger partial charge in [-0.1, -0.05) is 32.1 Å². The van der Waals surface area contributed by atoms with Gasteiger partial charge in [0, 0.05) is 7.05 Å². The van der Waals surface area contributed by atoms with Crippen LogP contribution in [0.2, 0.25) is 0 Å². The first-order valence-electron chi connectivity index (χ1n) is 6.78. The Balaban J connectivity index is 2.09. The number of hydrogen-bond donors (Lipinski definition) is 2. The maximum absolute atomic E-state index is 5.73. The van der Waals surface area contributed by atoms with Crippen molar-refractivity contribution in [2.45, 2.75) is 44.6 Å². The molecule has 5 nitrogen and oxygen atoms in total. The Kier molecular flexibility index (Phi) is 4.60. The maximum atomic E-state index is 5.73. The molecule has 1 atom stereocenters. The molecule has 3 N–H and O–H groups in total. The van der Waals surface area contributed by atoms with Crippen LogP contribution in [0.3, 0.4) is 0 Å². The highest BCUT2D eigenvalue weighted by Crippen LogP contribution is 2.34. The second-order valence-corrected chi connectivity index (χ2v) is 5.18. The van der Waals surface area contributed by atoms with Gasteiger partial charge in [-0.3, -0.25) is 16.0 Å². The fourth-order valence-electron chi connectivity index (χ4n) is 3.00. The van der Waals surface area contributed by atoms with Crippen LogP contribution < -0.4 is 16.0 Å². The molecule has 5 heteroatoms. The molecule has 0 aliphatic heterocycles. The fourth-order valence-corrected chi connectivity index (χ4v) is 3.00. The van der Waals surface area contributed by atoms with Gasteiger partial charge < -0.3 is 4.74 Å². The number of ether oxygens (including phenoxy) is 1. The lowest BCUT2D eigenvalue weighted by Gasteiger charge is -2.26. The van der Waals surface area contributed by atoms with Crippen LogP contribution in [0.25, 0.3) is 0 Å². The monoisotopic (exact) mass is 252 g/mol. The van der Waals surface area contributed by atoms with Gasteiger partial charge in [-0.05, 0) is 12.3 Å². The molecule has 1 unspecified atom stereocenters. The summed E-state index contributed by atoms with van der Waals surface area (Å²) >= 11 is 0. The highest BCUT2D eigenvalue weighted by Gasteiger charge is 2.24. The third-order valence-electron chi connectivity index (χ3n) is 3.99. The SMILES string of the molecule is COc1cnn(C)c1C(CC1CCCCC1)NN. The molecule has 1 fully saturated rings. The van der Waals surface area contributed by atoms with Crippen LogP contribution in [0.5, 0.6) is 5.75 Å². The number of rotatable bonds is 5. The van der Waals surface area contributed by atoms with Crippen molar-refractivity contribution in [3.8, 4) is 5.75 Å². The summed E-state index contributed by atoms with van der Waals surface area (Å²) in [5.41, 5.74) is 3.97. The highest BCUT2D eigenvalue weighted by molar-refractivity contribution is 5.28. The van der Waals surface area contributed by atoms with Gasteiger partial charge in [0.2, 0.25) is 0 Å². The smallest absolute Gasteiger partial charge is 0.161 e. The molecule has 18 heavy (non-hydrogen) atoms. The van der Waals surface area contributed by atoms with E-state index in [1.807, 2.05) is 11.7 Å². The number of nitrogens with zero attached hydrogens (tertiary/aromatic N) is 2.